The lowest BCUT2D eigenvalue weighted by Crippen LogP contribution is -2.54. The molecule has 9 heteroatoms. The summed E-state index contributed by atoms with van der Waals surface area (Å²) in [5, 5.41) is 2.97. The minimum Gasteiger partial charge on any atom is -0.352 e. The minimum absolute atomic E-state index is 0.0694. The summed E-state index contributed by atoms with van der Waals surface area (Å²) in [7, 11) is -4.02. The third-order valence-electron chi connectivity index (χ3n) is 6.27. The van der Waals surface area contributed by atoms with Gasteiger partial charge in [0.1, 0.15) is 18.4 Å². The molecule has 0 aromatic heterocycles. The Balaban J connectivity index is 2.05. The Hall–Kier alpha value is -3.72. The Bertz CT molecular complexity index is 1320. The van der Waals surface area contributed by atoms with Crippen molar-refractivity contribution in [2.24, 2.45) is 0 Å². The molecule has 0 aliphatic heterocycles. The molecular weight excluding hydrogens is 505 g/mol. The van der Waals surface area contributed by atoms with Crippen molar-refractivity contribution < 1.29 is 22.4 Å². The lowest BCUT2D eigenvalue weighted by molar-refractivity contribution is -0.140. The van der Waals surface area contributed by atoms with Crippen molar-refractivity contribution in [2.75, 3.05) is 17.1 Å². The molecular formula is C29H34FN3O4S. The fraction of sp³-hybridized carbons (Fsp3) is 0.310. The summed E-state index contributed by atoms with van der Waals surface area (Å²) in [5.74, 6) is -1.73. The van der Waals surface area contributed by atoms with Gasteiger partial charge in [0.15, 0.2) is 0 Å². The molecule has 0 unspecified atom stereocenters. The van der Waals surface area contributed by atoms with E-state index in [1.807, 2.05) is 74.5 Å². The van der Waals surface area contributed by atoms with Crippen LogP contribution in [0.2, 0.25) is 0 Å². The summed E-state index contributed by atoms with van der Waals surface area (Å²) >= 11 is 0. The van der Waals surface area contributed by atoms with Gasteiger partial charge in [-0.25, -0.2) is 12.8 Å². The number of nitrogens with zero attached hydrogens (tertiary/aromatic N) is 2. The highest BCUT2D eigenvalue weighted by Gasteiger charge is 2.33. The minimum atomic E-state index is -4.02. The molecule has 0 heterocycles. The van der Waals surface area contributed by atoms with E-state index >= 15 is 0 Å². The van der Waals surface area contributed by atoms with Crippen LogP contribution < -0.4 is 9.62 Å². The van der Waals surface area contributed by atoms with Crippen LogP contribution in [0.15, 0.2) is 84.9 Å². The van der Waals surface area contributed by atoms with Crippen LogP contribution in [-0.4, -0.2) is 50.0 Å². The van der Waals surface area contributed by atoms with Crippen LogP contribution in [-0.2, 0) is 32.6 Å². The van der Waals surface area contributed by atoms with E-state index in [4.69, 9.17) is 0 Å². The number of para-hydroxylation sites is 1. The van der Waals surface area contributed by atoms with Crippen LogP contribution in [0.4, 0.5) is 10.1 Å². The number of anilines is 1. The predicted molar refractivity (Wildman–Crippen MR) is 147 cm³/mol. The molecule has 3 aromatic carbocycles. The fourth-order valence-corrected chi connectivity index (χ4v) is 4.87. The Morgan fingerprint density at radius 1 is 0.895 bits per heavy atom. The van der Waals surface area contributed by atoms with E-state index in [2.05, 4.69) is 5.32 Å². The molecule has 0 radical (unpaired) electrons. The topological polar surface area (TPSA) is 86.8 Å². The van der Waals surface area contributed by atoms with Gasteiger partial charge in [0.25, 0.3) is 0 Å². The number of carbonyl (C=O) groups excluding carboxylic acids is 2. The van der Waals surface area contributed by atoms with Crippen LogP contribution in [0.1, 0.15) is 31.4 Å². The third kappa shape index (κ3) is 7.89. The first-order valence-corrected chi connectivity index (χ1v) is 14.3. The smallest absolute Gasteiger partial charge is 0.244 e. The first-order chi connectivity index (χ1) is 18.1. The molecule has 2 amide bonds. The Morgan fingerprint density at radius 2 is 1.45 bits per heavy atom. The summed E-state index contributed by atoms with van der Waals surface area (Å²) in [6, 6.07) is 22.8. The zero-order valence-corrected chi connectivity index (χ0v) is 22.7. The monoisotopic (exact) mass is 539 g/mol. The molecule has 3 rings (SSSR count). The van der Waals surface area contributed by atoms with Crippen LogP contribution in [0, 0.1) is 5.82 Å². The molecule has 38 heavy (non-hydrogen) atoms. The van der Waals surface area contributed by atoms with Gasteiger partial charge in [-0.05, 0) is 36.6 Å². The van der Waals surface area contributed by atoms with E-state index in [-0.39, 0.29) is 30.6 Å². The average Bonchev–Trinajstić information content (AvgIpc) is 2.90. The molecule has 202 valence electrons. The lowest BCUT2D eigenvalue weighted by Gasteiger charge is -2.34. The molecule has 0 bridgehead atoms. The zero-order chi connectivity index (χ0) is 27.7. The van der Waals surface area contributed by atoms with Gasteiger partial charge in [-0.3, -0.25) is 13.9 Å². The first kappa shape index (κ1) is 28.8. The Labute approximate surface area is 224 Å². The van der Waals surface area contributed by atoms with Gasteiger partial charge in [-0.15, -0.1) is 0 Å². The van der Waals surface area contributed by atoms with Crippen LogP contribution in [0.25, 0.3) is 0 Å². The molecule has 1 N–H and O–H groups in total. The van der Waals surface area contributed by atoms with Crippen molar-refractivity contribution in [3.8, 4) is 0 Å². The normalized spacial score (nSPS) is 12.8. The van der Waals surface area contributed by atoms with Crippen molar-refractivity contribution in [2.45, 2.75) is 45.3 Å². The Kier molecular flexibility index (Phi) is 10.0. The van der Waals surface area contributed by atoms with E-state index in [1.165, 1.54) is 23.1 Å². The highest BCUT2D eigenvalue weighted by atomic mass is 32.2. The third-order valence-corrected chi connectivity index (χ3v) is 7.39. The number of halogens is 1. The largest absolute Gasteiger partial charge is 0.352 e. The molecule has 2 atom stereocenters. The quantitative estimate of drug-likeness (QED) is 0.375. The zero-order valence-electron chi connectivity index (χ0n) is 21.9. The van der Waals surface area contributed by atoms with Crippen molar-refractivity contribution in [1.82, 2.24) is 10.2 Å². The molecule has 0 saturated carbocycles. The maximum absolute atomic E-state index is 14.6. The van der Waals surface area contributed by atoms with Gasteiger partial charge in [-0.2, -0.15) is 0 Å². The Morgan fingerprint density at radius 3 is 2.00 bits per heavy atom. The molecule has 0 aliphatic carbocycles. The lowest BCUT2D eigenvalue weighted by atomic mass is 10.0. The van der Waals surface area contributed by atoms with E-state index in [1.54, 1.807) is 0 Å². The summed E-state index contributed by atoms with van der Waals surface area (Å²) < 4.78 is 40.8. The molecule has 0 saturated heterocycles. The van der Waals surface area contributed by atoms with Crippen LogP contribution in [0.5, 0.6) is 0 Å². The van der Waals surface area contributed by atoms with Crippen molar-refractivity contribution in [3.05, 3.63) is 102 Å². The molecule has 3 aromatic rings. The van der Waals surface area contributed by atoms with Gasteiger partial charge in [0, 0.05) is 19.0 Å². The summed E-state index contributed by atoms with van der Waals surface area (Å²) in [6.45, 7) is 3.24. The van der Waals surface area contributed by atoms with Gasteiger partial charge in [0.05, 0.1) is 11.9 Å². The standard InChI is InChI=1S/C29H34FN3O4S/c1-4-22(2)31-29(35)27(19-23-13-7-5-8-14-23)32(20-24-15-9-6-10-16-24)28(34)21-33(38(3,36)37)26-18-12-11-17-25(26)30/h5-18,22,27H,4,19-21H2,1-3H3,(H,31,35)/t22-,27-/m0/s1. The number of nitrogens with one attached hydrogen (secondary N) is 1. The number of sulfonamides is 1. The fourth-order valence-electron chi connectivity index (χ4n) is 4.02. The second kappa shape index (κ2) is 13.2. The van der Waals surface area contributed by atoms with Crippen LogP contribution >= 0.6 is 0 Å². The molecule has 0 aliphatic rings. The van der Waals surface area contributed by atoms with E-state index in [0.717, 1.165) is 27.8 Å². The highest BCUT2D eigenvalue weighted by Crippen LogP contribution is 2.23. The summed E-state index contributed by atoms with van der Waals surface area (Å²) in [4.78, 5) is 28.8. The highest BCUT2D eigenvalue weighted by molar-refractivity contribution is 7.92. The van der Waals surface area contributed by atoms with Gasteiger partial charge in [-0.1, -0.05) is 79.7 Å². The molecule has 7 nitrogen and oxygen atoms in total. The molecule has 0 fully saturated rings. The maximum Gasteiger partial charge on any atom is 0.244 e. The number of benzene rings is 3. The summed E-state index contributed by atoms with van der Waals surface area (Å²) in [5.41, 5.74) is 1.38. The predicted octanol–water partition coefficient (Wildman–Crippen LogP) is 4.15. The van der Waals surface area contributed by atoms with Crippen molar-refractivity contribution in [1.29, 1.82) is 0 Å². The summed E-state index contributed by atoms with van der Waals surface area (Å²) in [6.07, 6.45) is 1.84. The van der Waals surface area contributed by atoms with E-state index in [0.29, 0.717) is 6.42 Å². The van der Waals surface area contributed by atoms with Crippen molar-refractivity contribution in [3.63, 3.8) is 0 Å². The second-order valence-corrected chi connectivity index (χ2v) is 11.2. The first-order valence-electron chi connectivity index (χ1n) is 12.5. The number of hydrogen-bond acceptors (Lipinski definition) is 4. The van der Waals surface area contributed by atoms with Gasteiger partial charge < -0.3 is 10.2 Å². The van der Waals surface area contributed by atoms with E-state index < -0.39 is 34.3 Å². The van der Waals surface area contributed by atoms with Crippen LogP contribution in [0.3, 0.4) is 0 Å². The average molecular weight is 540 g/mol. The van der Waals surface area contributed by atoms with E-state index in [9.17, 15) is 22.4 Å². The molecule has 0 spiro atoms. The second-order valence-electron chi connectivity index (χ2n) is 9.25. The number of amides is 2. The van der Waals surface area contributed by atoms with Gasteiger partial charge >= 0.3 is 0 Å². The number of rotatable bonds is 12. The maximum atomic E-state index is 14.6. The number of hydrogen-bond donors (Lipinski definition) is 1. The van der Waals surface area contributed by atoms with Crippen molar-refractivity contribution >= 4 is 27.5 Å². The van der Waals surface area contributed by atoms with Gasteiger partial charge in [0.2, 0.25) is 21.8 Å². The SMILES string of the molecule is CC[C@H](C)NC(=O)[C@H](Cc1ccccc1)N(Cc1ccccc1)C(=O)CN(c1ccccc1F)S(C)(=O)=O. The number of carbonyl (C=O) groups is 2.